The molecule has 2 atom stereocenters. The van der Waals surface area contributed by atoms with Gasteiger partial charge in [0.2, 0.25) is 0 Å². The van der Waals surface area contributed by atoms with Crippen LogP contribution in [-0.4, -0.2) is 17.3 Å². The largest absolute Gasteiger partial charge is 0.489 e. The molecule has 1 aliphatic carbocycles. The predicted molar refractivity (Wildman–Crippen MR) is 60.0 cm³/mol. The SMILES string of the molecule is Cc1ccc(F)cc1OC1CC(O)C1(C)C. The second-order valence-corrected chi connectivity index (χ2v) is 5.09. The highest BCUT2D eigenvalue weighted by Gasteiger charge is 2.49. The van der Waals surface area contributed by atoms with E-state index in [9.17, 15) is 9.50 Å². The summed E-state index contributed by atoms with van der Waals surface area (Å²) in [7, 11) is 0. The summed E-state index contributed by atoms with van der Waals surface area (Å²) in [5, 5.41) is 9.59. The predicted octanol–water partition coefficient (Wildman–Crippen LogP) is 2.67. The van der Waals surface area contributed by atoms with Crippen LogP contribution in [0.5, 0.6) is 5.75 Å². The molecule has 1 aromatic rings. The Labute approximate surface area is 95.1 Å². The Hall–Kier alpha value is -1.09. The van der Waals surface area contributed by atoms with E-state index in [2.05, 4.69) is 0 Å². The Morgan fingerprint density at radius 2 is 2.12 bits per heavy atom. The summed E-state index contributed by atoms with van der Waals surface area (Å²) in [5.74, 6) is 0.281. The van der Waals surface area contributed by atoms with E-state index in [4.69, 9.17) is 4.74 Å². The van der Waals surface area contributed by atoms with Crippen LogP contribution in [0.15, 0.2) is 18.2 Å². The van der Waals surface area contributed by atoms with Crippen molar-refractivity contribution in [2.75, 3.05) is 0 Å². The molecule has 1 aliphatic rings. The van der Waals surface area contributed by atoms with Crippen LogP contribution in [0.2, 0.25) is 0 Å². The Kier molecular flexibility index (Phi) is 2.66. The zero-order valence-electron chi connectivity index (χ0n) is 9.83. The highest BCUT2D eigenvalue weighted by Crippen LogP contribution is 2.43. The molecular formula is C13H17FO2. The van der Waals surface area contributed by atoms with Gasteiger partial charge in [0.15, 0.2) is 0 Å². The molecule has 2 unspecified atom stereocenters. The molecule has 1 saturated carbocycles. The Bertz CT molecular complexity index is 401. The average Bonchev–Trinajstić information content (AvgIpc) is 2.23. The van der Waals surface area contributed by atoms with E-state index in [-0.39, 0.29) is 23.4 Å². The van der Waals surface area contributed by atoms with E-state index in [1.807, 2.05) is 20.8 Å². The van der Waals surface area contributed by atoms with Gasteiger partial charge in [0, 0.05) is 17.9 Å². The van der Waals surface area contributed by atoms with Crippen LogP contribution >= 0.6 is 0 Å². The van der Waals surface area contributed by atoms with Crippen LogP contribution in [0.3, 0.4) is 0 Å². The van der Waals surface area contributed by atoms with E-state index in [1.54, 1.807) is 6.07 Å². The standard InChI is InChI=1S/C13H17FO2/c1-8-4-5-9(14)6-10(8)16-12-7-11(15)13(12,2)3/h4-6,11-12,15H,7H2,1-3H3. The Morgan fingerprint density at radius 1 is 1.44 bits per heavy atom. The lowest BCUT2D eigenvalue weighted by Gasteiger charge is -2.48. The fraction of sp³-hybridized carbons (Fsp3) is 0.538. The first kappa shape index (κ1) is 11.4. The molecule has 0 aliphatic heterocycles. The molecule has 0 radical (unpaired) electrons. The van der Waals surface area contributed by atoms with Gasteiger partial charge in [0.05, 0.1) is 6.10 Å². The molecule has 0 bridgehead atoms. The lowest BCUT2D eigenvalue weighted by atomic mass is 9.66. The van der Waals surface area contributed by atoms with Crippen molar-refractivity contribution in [1.29, 1.82) is 0 Å². The van der Waals surface area contributed by atoms with Crippen LogP contribution in [0, 0.1) is 18.2 Å². The molecule has 0 saturated heterocycles. The number of hydrogen-bond donors (Lipinski definition) is 1. The summed E-state index contributed by atoms with van der Waals surface area (Å²) in [6.07, 6.45) is 0.248. The average molecular weight is 224 g/mol. The fourth-order valence-electron chi connectivity index (χ4n) is 1.92. The molecule has 2 nitrogen and oxygen atoms in total. The van der Waals surface area contributed by atoms with Crippen LogP contribution in [0.25, 0.3) is 0 Å². The molecule has 0 amide bonds. The van der Waals surface area contributed by atoms with Crippen LogP contribution in [0.1, 0.15) is 25.8 Å². The van der Waals surface area contributed by atoms with Gasteiger partial charge in [-0.05, 0) is 18.6 Å². The fourth-order valence-corrected chi connectivity index (χ4v) is 1.92. The van der Waals surface area contributed by atoms with Gasteiger partial charge in [-0.15, -0.1) is 0 Å². The smallest absolute Gasteiger partial charge is 0.126 e. The summed E-state index contributed by atoms with van der Waals surface area (Å²) in [6.45, 7) is 5.80. The lowest BCUT2D eigenvalue weighted by molar-refractivity contribution is -0.134. The number of rotatable bonds is 2. The van der Waals surface area contributed by atoms with Crippen molar-refractivity contribution in [1.82, 2.24) is 0 Å². The third-order valence-electron chi connectivity index (χ3n) is 3.55. The summed E-state index contributed by atoms with van der Waals surface area (Å²) in [6, 6.07) is 4.52. The molecule has 3 heteroatoms. The summed E-state index contributed by atoms with van der Waals surface area (Å²) in [4.78, 5) is 0. The van der Waals surface area contributed by atoms with Crippen molar-refractivity contribution in [3.05, 3.63) is 29.6 Å². The second kappa shape index (κ2) is 3.74. The van der Waals surface area contributed by atoms with Gasteiger partial charge < -0.3 is 9.84 Å². The minimum atomic E-state index is -0.327. The topological polar surface area (TPSA) is 29.5 Å². The number of aliphatic hydroxyl groups excluding tert-OH is 1. The molecule has 88 valence electrons. The Morgan fingerprint density at radius 3 is 2.69 bits per heavy atom. The van der Waals surface area contributed by atoms with Gasteiger partial charge in [-0.25, -0.2) is 4.39 Å². The first-order valence-corrected chi connectivity index (χ1v) is 5.52. The van der Waals surface area contributed by atoms with Crippen molar-refractivity contribution in [3.63, 3.8) is 0 Å². The minimum absolute atomic E-state index is 0.0389. The molecule has 0 aromatic heterocycles. The van der Waals surface area contributed by atoms with Crippen LogP contribution < -0.4 is 4.74 Å². The van der Waals surface area contributed by atoms with E-state index >= 15 is 0 Å². The third-order valence-corrected chi connectivity index (χ3v) is 3.55. The van der Waals surface area contributed by atoms with E-state index in [0.717, 1.165) is 5.56 Å². The molecular weight excluding hydrogens is 207 g/mol. The van der Waals surface area contributed by atoms with E-state index in [1.165, 1.54) is 12.1 Å². The van der Waals surface area contributed by atoms with Crippen molar-refractivity contribution in [2.24, 2.45) is 5.41 Å². The van der Waals surface area contributed by atoms with Gasteiger partial charge >= 0.3 is 0 Å². The number of benzene rings is 1. The maximum Gasteiger partial charge on any atom is 0.126 e. The van der Waals surface area contributed by atoms with Gasteiger partial charge in [0.25, 0.3) is 0 Å². The second-order valence-electron chi connectivity index (χ2n) is 5.09. The number of halogens is 1. The van der Waals surface area contributed by atoms with Gasteiger partial charge in [0.1, 0.15) is 17.7 Å². The van der Waals surface area contributed by atoms with Gasteiger partial charge in [-0.1, -0.05) is 19.9 Å². The summed E-state index contributed by atoms with van der Waals surface area (Å²) < 4.78 is 18.8. The monoisotopic (exact) mass is 224 g/mol. The highest BCUT2D eigenvalue weighted by atomic mass is 19.1. The van der Waals surface area contributed by atoms with Crippen LogP contribution in [-0.2, 0) is 0 Å². The first-order chi connectivity index (χ1) is 7.41. The van der Waals surface area contributed by atoms with E-state index < -0.39 is 0 Å². The van der Waals surface area contributed by atoms with Gasteiger partial charge in [-0.2, -0.15) is 0 Å². The maximum atomic E-state index is 13.1. The highest BCUT2D eigenvalue weighted by molar-refractivity contribution is 5.33. The molecule has 1 N–H and O–H groups in total. The molecule has 0 spiro atoms. The lowest BCUT2D eigenvalue weighted by Crippen LogP contribution is -2.56. The van der Waals surface area contributed by atoms with Gasteiger partial charge in [-0.3, -0.25) is 0 Å². The minimum Gasteiger partial charge on any atom is -0.489 e. The Balaban J connectivity index is 2.13. The zero-order valence-corrected chi connectivity index (χ0v) is 9.83. The normalized spacial score (nSPS) is 27.3. The summed E-state index contributed by atoms with van der Waals surface area (Å²) >= 11 is 0. The molecule has 16 heavy (non-hydrogen) atoms. The van der Waals surface area contributed by atoms with Crippen molar-refractivity contribution in [2.45, 2.75) is 39.4 Å². The zero-order chi connectivity index (χ0) is 11.9. The molecule has 1 fully saturated rings. The van der Waals surface area contributed by atoms with E-state index in [0.29, 0.717) is 12.2 Å². The summed E-state index contributed by atoms with van der Waals surface area (Å²) in [5.41, 5.74) is 0.664. The molecule has 2 rings (SSSR count). The number of ether oxygens (including phenoxy) is 1. The quantitative estimate of drug-likeness (QED) is 0.836. The van der Waals surface area contributed by atoms with Crippen molar-refractivity contribution in [3.8, 4) is 5.75 Å². The molecule has 0 heterocycles. The van der Waals surface area contributed by atoms with Crippen LogP contribution in [0.4, 0.5) is 4.39 Å². The number of aliphatic hydroxyl groups is 1. The third kappa shape index (κ3) is 1.80. The number of hydrogen-bond acceptors (Lipinski definition) is 2. The van der Waals surface area contributed by atoms with Crippen molar-refractivity contribution < 1.29 is 14.2 Å². The molecule has 1 aromatic carbocycles. The number of aryl methyl sites for hydroxylation is 1. The first-order valence-electron chi connectivity index (χ1n) is 5.52. The maximum absolute atomic E-state index is 13.1. The van der Waals surface area contributed by atoms with Crippen molar-refractivity contribution >= 4 is 0 Å².